The molecule has 0 atom stereocenters. The van der Waals surface area contributed by atoms with Crippen LogP contribution in [0.2, 0.25) is 0 Å². The largest absolute Gasteiger partial charge is 0.382 e. The average Bonchev–Trinajstić information content (AvgIpc) is 2.53. The van der Waals surface area contributed by atoms with E-state index in [1.807, 2.05) is 0 Å². The molecule has 0 heterocycles. The van der Waals surface area contributed by atoms with E-state index in [9.17, 15) is 5.26 Å². The highest BCUT2D eigenvalue weighted by Gasteiger charge is 2.26. The van der Waals surface area contributed by atoms with Gasteiger partial charge in [0.1, 0.15) is 0 Å². The Hall–Kier alpha value is -1.19. The van der Waals surface area contributed by atoms with Crippen molar-refractivity contribution in [2.45, 2.75) is 19.3 Å². The number of ether oxygens (including phenoxy) is 4. The summed E-state index contributed by atoms with van der Waals surface area (Å²) in [5.74, 6) is 0. The van der Waals surface area contributed by atoms with Crippen LogP contribution in [-0.4, -0.2) is 53.4 Å². The van der Waals surface area contributed by atoms with Crippen LogP contribution in [-0.2, 0) is 18.9 Å². The fraction of sp³-hybridized carbons (Fsp3) is 0.706. The van der Waals surface area contributed by atoms with Crippen molar-refractivity contribution < 1.29 is 18.9 Å². The molecular weight excluding hydrogens is 282 g/mol. The molecule has 126 valence electrons. The second kappa shape index (κ2) is 14.7. The lowest BCUT2D eigenvalue weighted by Gasteiger charge is -2.23. The molecule has 5 nitrogen and oxygen atoms in total. The highest BCUT2D eigenvalue weighted by atomic mass is 16.6. The Morgan fingerprint density at radius 3 is 1.73 bits per heavy atom. The Morgan fingerprint density at radius 2 is 1.32 bits per heavy atom. The van der Waals surface area contributed by atoms with Crippen LogP contribution in [0.25, 0.3) is 0 Å². The summed E-state index contributed by atoms with van der Waals surface area (Å²) in [5, 5.41) is 9.35. The van der Waals surface area contributed by atoms with Crippen molar-refractivity contribution in [3.8, 4) is 6.07 Å². The standard InChI is InChI=1S/C17H29NO4/c1-4-6-17(16-18,7-5-2)8-9-20-12-13-22-15-14-21-11-10-19-3/h4-5H,1-2,6-15H2,3H3. The molecule has 0 rings (SSSR count). The highest BCUT2D eigenvalue weighted by Crippen LogP contribution is 2.30. The molecule has 0 radical (unpaired) electrons. The first-order valence-electron chi connectivity index (χ1n) is 7.60. The lowest BCUT2D eigenvalue weighted by molar-refractivity contribution is 0.000990. The first kappa shape index (κ1) is 20.8. The van der Waals surface area contributed by atoms with E-state index in [1.165, 1.54) is 0 Å². The van der Waals surface area contributed by atoms with Crippen LogP contribution >= 0.6 is 0 Å². The van der Waals surface area contributed by atoms with Crippen molar-refractivity contribution in [1.82, 2.24) is 0 Å². The maximum absolute atomic E-state index is 9.35. The van der Waals surface area contributed by atoms with Gasteiger partial charge in [-0.25, -0.2) is 0 Å². The van der Waals surface area contributed by atoms with Gasteiger partial charge in [0.15, 0.2) is 0 Å². The maximum Gasteiger partial charge on any atom is 0.0701 e. The van der Waals surface area contributed by atoms with Crippen molar-refractivity contribution in [1.29, 1.82) is 5.26 Å². The van der Waals surface area contributed by atoms with Crippen molar-refractivity contribution in [3.63, 3.8) is 0 Å². The molecule has 0 amide bonds. The third-order valence-corrected chi connectivity index (χ3v) is 3.21. The molecule has 0 aliphatic rings. The molecule has 22 heavy (non-hydrogen) atoms. The molecule has 0 unspecified atom stereocenters. The van der Waals surface area contributed by atoms with Crippen LogP contribution in [0, 0.1) is 16.7 Å². The number of nitrogens with zero attached hydrogens (tertiary/aromatic N) is 1. The first-order chi connectivity index (χ1) is 10.7. The summed E-state index contributed by atoms with van der Waals surface area (Å²) in [6.45, 7) is 11.3. The number of rotatable bonds is 16. The first-order valence-corrected chi connectivity index (χ1v) is 7.60. The molecule has 0 spiro atoms. The Balaban J connectivity index is 3.60. The molecule has 0 saturated carbocycles. The molecular formula is C17H29NO4. The lowest BCUT2D eigenvalue weighted by Crippen LogP contribution is -2.20. The fourth-order valence-electron chi connectivity index (χ4n) is 1.94. The predicted molar refractivity (Wildman–Crippen MR) is 86.6 cm³/mol. The van der Waals surface area contributed by atoms with Gasteiger partial charge >= 0.3 is 0 Å². The number of hydrogen-bond donors (Lipinski definition) is 0. The second-order valence-corrected chi connectivity index (χ2v) is 4.96. The van der Waals surface area contributed by atoms with E-state index in [0.29, 0.717) is 65.5 Å². The summed E-state index contributed by atoms with van der Waals surface area (Å²) in [7, 11) is 1.64. The monoisotopic (exact) mass is 311 g/mol. The predicted octanol–water partition coefficient (Wildman–Crippen LogP) is 2.73. The summed E-state index contributed by atoms with van der Waals surface area (Å²) >= 11 is 0. The van der Waals surface area contributed by atoms with Gasteiger partial charge in [-0.3, -0.25) is 0 Å². The van der Waals surface area contributed by atoms with Gasteiger partial charge < -0.3 is 18.9 Å². The van der Waals surface area contributed by atoms with Gasteiger partial charge in [-0.15, -0.1) is 13.2 Å². The average molecular weight is 311 g/mol. The molecule has 0 saturated heterocycles. The Kier molecular flexibility index (Phi) is 13.9. The second-order valence-electron chi connectivity index (χ2n) is 4.96. The molecule has 0 aromatic carbocycles. The van der Waals surface area contributed by atoms with Crippen molar-refractivity contribution in [2.75, 3.05) is 53.4 Å². The highest BCUT2D eigenvalue weighted by molar-refractivity contribution is 5.05. The van der Waals surface area contributed by atoms with Crippen LogP contribution in [0.5, 0.6) is 0 Å². The number of methoxy groups -OCH3 is 1. The molecule has 0 aliphatic carbocycles. The van der Waals surface area contributed by atoms with Gasteiger partial charge in [0.05, 0.1) is 51.1 Å². The summed E-state index contributed by atoms with van der Waals surface area (Å²) in [6.07, 6.45) is 5.52. The lowest BCUT2D eigenvalue weighted by atomic mass is 9.80. The van der Waals surface area contributed by atoms with Crippen molar-refractivity contribution in [3.05, 3.63) is 25.3 Å². The van der Waals surface area contributed by atoms with E-state index < -0.39 is 5.41 Å². The SMILES string of the molecule is C=CCC(C#N)(CC=C)CCOCCOCCOCCOC. The zero-order valence-corrected chi connectivity index (χ0v) is 13.7. The minimum atomic E-state index is -0.445. The van der Waals surface area contributed by atoms with Crippen LogP contribution in [0.15, 0.2) is 25.3 Å². The number of nitriles is 1. The normalized spacial score (nSPS) is 11.1. The Bertz CT molecular complexity index is 315. The topological polar surface area (TPSA) is 60.7 Å². The van der Waals surface area contributed by atoms with E-state index in [0.717, 1.165) is 0 Å². The van der Waals surface area contributed by atoms with Gasteiger partial charge in [0, 0.05) is 13.7 Å². The third-order valence-electron chi connectivity index (χ3n) is 3.21. The number of hydrogen-bond acceptors (Lipinski definition) is 5. The smallest absolute Gasteiger partial charge is 0.0701 e. The molecule has 0 fully saturated rings. The summed E-state index contributed by atoms with van der Waals surface area (Å²) in [5.41, 5.74) is -0.445. The van der Waals surface area contributed by atoms with Crippen LogP contribution in [0.3, 0.4) is 0 Å². The molecule has 0 aliphatic heterocycles. The fourth-order valence-corrected chi connectivity index (χ4v) is 1.94. The number of allylic oxidation sites excluding steroid dienone is 2. The zero-order chi connectivity index (χ0) is 16.5. The van der Waals surface area contributed by atoms with Crippen LogP contribution < -0.4 is 0 Å². The third kappa shape index (κ3) is 10.5. The summed E-state index contributed by atoms with van der Waals surface area (Å²) in [6, 6.07) is 2.37. The van der Waals surface area contributed by atoms with E-state index >= 15 is 0 Å². The molecule has 0 aromatic rings. The Morgan fingerprint density at radius 1 is 0.864 bits per heavy atom. The van der Waals surface area contributed by atoms with Crippen LogP contribution in [0.4, 0.5) is 0 Å². The van der Waals surface area contributed by atoms with Crippen LogP contribution in [0.1, 0.15) is 19.3 Å². The minimum absolute atomic E-state index is 0.445. The zero-order valence-electron chi connectivity index (χ0n) is 13.7. The van der Waals surface area contributed by atoms with Gasteiger partial charge in [0.25, 0.3) is 0 Å². The van der Waals surface area contributed by atoms with Crippen molar-refractivity contribution >= 4 is 0 Å². The van der Waals surface area contributed by atoms with Gasteiger partial charge in [-0.1, -0.05) is 12.2 Å². The summed E-state index contributed by atoms with van der Waals surface area (Å²) < 4.78 is 21.0. The Labute approximate surface area is 134 Å². The maximum atomic E-state index is 9.35. The van der Waals surface area contributed by atoms with Gasteiger partial charge in [-0.05, 0) is 19.3 Å². The minimum Gasteiger partial charge on any atom is -0.382 e. The van der Waals surface area contributed by atoms with Gasteiger partial charge in [0.2, 0.25) is 0 Å². The quantitative estimate of drug-likeness (QED) is 0.324. The molecule has 5 heteroatoms. The van der Waals surface area contributed by atoms with Gasteiger partial charge in [-0.2, -0.15) is 5.26 Å². The molecule has 0 bridgehead atoms. The van der Waals surface area contributed by atoms with E-state index in [-0.39, 0.29) is 0 Å². The summed E-state index contributed by atoms with van der Waals surface area (Å²) in [4.78, 5) is 0. The van der Waals surface area contributed by atoms with E-state index in [4.69, 9.17) is 18.9 Å². The van der Waals surface area contributed by atoms with E-state index in [1.54, 1.807) is 19.3 Å². The van der Waals surface area contributed by atoms with Crippen molar-refractivity contribution in [2.24, 2.45) is 5.41 Å². The van der Waals surface area contributed by atoms with E-state index in [2.05, 4.69) is 19.2 Å². The molecule has 0 N–H and O–H groups in total. The molecule has 0 aromatic heterocycles.